The van der Waals surface area contributed by atoms with Crippen molar-refractivity contribution in [2.75, 3.05) is 37.9 Å². The number of hydrogen-bond donors (Lipinski definition) is 2. The third-order valence-corrected chi connectivity index (χ3v) is 6.39. The van der Waals surface area contributed by atoms with Crippen molar-refractivity contribution in [3.8, 4) is 28.4 Å². The second kappa shape index (κ2) is 12.8. The summed E-state index contributed by atoms with van der Waals surface area (Å²) in [5, 5.41) is 10.7. The van der Waals surface area contributed by atoms with Crippen LogP contribution < -0.4 is 20.1 Å². The summed E-state index contributed by atoms with van der Waals surface area (Å²) in [5.74, 6) is 1.25. The van der Waals surface area contributed by atoms with E-state index < -0.39 is 6.03 Å². The lowest BCUT2D eigenvalue weighted by molar-refractivity contribution is -0.116. The number of hydrogen-bond acceptors (Lipinski definition) is 5. The van der Waals surface area contributed by atoms with Crippen LogP contribution in [0, 0.1) is 13.8 Å². The number of nitrogens with one attached hydrogen (secondary N) is 2. The van der Waals surface area contributed by atoms with Gasteiger partial charge in [-0.3, -0.25) is 4.79 Å². The molecule has 3 amide bonds. The fourth-order valence-electron chi connectivity index (χ4n) is 4.42. The summed E-state index contributed by atoms with van der Waals surface area (Å²) in [7, 11) is 3.08. The monoisotopic (exact) mass is 541 g/mol. The topological polar surface area (TPSA) is 97.7 Å². The second-order valence-corrected chi connectivity index (χ2v) is 9.45. The fourth-order valence-corrected chi connectivity index (χ4v) is 4.42. The summed E-state index contributed by atoms with van der Waals surface area (Å²) in [6.07, 6.45) is 0.680. The van der Waals surface area contributed by atoms with Crippen LogP contribution in [0.1, 0.15) is 24.5 Å². The fraction of sp³-hybridized carbons (Fsp3) is 0.258. The van der Waals surface area contributed by atoms with Gasteiger partial charge in [0.15, 0.2) is 0 Å². The zero-order chi connectivity index (χ0) is 28.6. The summed E-state index contributed by atoms with van der Waals surface area (Å²) < 4.78 is 12.4. The van der Waals surface area contributed by atoms with Gasteiger partial charge in [0, 0.05) is 24.2 Å². The molecule has 0 spiro atoms. The summed E-state index contributed by atoms with van der Waals surface area (Å²) in [4.78, 5) is 28.0. The van der Waals surface area contributed by atoms with Crippen LogP contribution in [0.4, 0.5) is 16.3 Å². The Kier molecular flexibility index (Phi) is 9.06. The number of anilines is 2. The van der Waals surface area contributed by atoms with E-state index in [9.17, 15) is 9.59 Å². The molecule has 1 aromatic heterocycles. The van der Waals surface area contributed by atoms with E-state index in [1.807, 2.05) is 69.3 Å². The first-order valence-electron chi connectivity index (χ1n) is 13.1. The van der Waals surface area contributed by atoms with Gasteiger partial charge in [0.05, 0.1) is 31.3 Å². The van der Waals surface area contributed by atoms with Crippen LogP contribution in [0.25, 0.3) is 16.9 Å². The first-order chi connectivity index (χ1) is 19.3. The van der Waals surface area contributed by atoms with E-state index in [2.05, 4.69) is 16.7 Å². The molecule has 3 aromatic carbocycles. The van der Waals surface area contributed by atoms with Crippen LogP contribution >= 0.6 is 0 Å². The summed E-state index contributed by atoms with van der Waals surface area (Å²) in [6.45, 7) is 6.25. The molecule has 208 valence electrons. The lowest BCUT2D eigenvalue weighted by atomic mass is 10.1. The molecule has 0 saturated heterocycles. The molecule has 4 rings (SSSR count). The standard InChI is InChI=1S/C31H35N5O4/c1-6-16-35(31(38)32-25-14-13-24(39-4)18-28(25)40-5)20-30(37)33-29-19-26(23-10-8-7-9-11-23)34-36(29)27-15-12-21(2)17-22(27)3/h7-15,17-19H,6,16,20H2,1-5H3,(H,32,38)(H,33,37). The van der Waals surface area contributed by atoms with Crippen molar-refractivity contribution in [1.29, 1.82) is 0 Å². The predicted molar refractivity (Wildman–Crippen MR) is 158 cm³/mol. The van der Waals surface area contributed by atoms with Crippen molar-refractivity contribution < 1.29 is 19.1 Å². The van der Waals surface area contributed by atoms with E-state index in [1.165, 1.54) is 12.0 Å². The van der Waals surface area contributed by atoms with E-state index in [-0.39, 0.29) is 12.5 Å². The Hall–Kier alpha value is -4.79. The maximum Gasteiger partial charge on any atom is 0.322 e. The predicted octanol–water partition coefficient (Wildman–Crippen LogP) is 6.06. The van der Waals surface area contributed by atoms with Gasteiger partial charge in [-0.1, -0.05) is 55.0 Å². The number of carbonyl (C=O) groups is 2. The zero-order valence-corrected chi connectivity index (χ0v) is 23.5. The van der Waals surface area contributed by atoms with E-state index >= 15 is 0 Å². The van der Waals surface area contributed by atoms with Gasteiger partial charge in [0.1, 0.15) is 23.9 Å². The van der Waals surface area contributed by atoms with Gasteiger partial charge in [0.2, 0.25) is 5.91 Å². The Morgan fingerprint density at radius 3 is 2.38 bits per heavy atom. The lowest BCUT2D eigenvalue weighted by Gasteiger charge is -2.23. The minimum atomic E-state index is -0.409. The van der Waals surface area contributed by atoms with E-state index in [0.29, 0.717) is 36.0 Å². The van der Waals surface area contributed by atoms with E-state index in [1.54, 1.807) is 30.0 Å². The van der Waals surface area contributed by atoms with Gasteiger partial charge in [-0.2, -0.15) is 5.10 Å². The number of urea groups is 1. The molecule has 4 aromatic rings. The summed E-state index contributed by atoms with van der Waals surface area (Å²) in [5.41, 5.74) is 5.16. The molecule has 0 aliphatic rings. The molecular weight excluding hydrogens is 506 g/mol. The highest BCUT2D eigenvalue weighted by molar-refractivity contribution is 5.97. The minimum absolute atomic E-state index is 0.142. The number of amides is 3. The third-order valence-electron chi connectivity index (χ3n) is 6.39. The highest BCUT2D eigenvalue weighted by Crippen LogP contribution is 2.30. The quantitative estimate of drug-likeness (QED) is 0.255. The van der Waals surface area contributed by atoms with Crippen LogP contribution in [0.5, 0.6) is 11.5 Å². The number of carbonyl (C=O) groups excluding carboxylic acids is 2. The number of nitrogens with zero attached hydrogens (tertiary/aromatic N) is 3. The van der Waals surface area contributed by atoms with Crippen molar-refractivity contribution in [2.45, 2.75) is 27.2 Å². The average molecular weight is 542 g/mol. The Labute approximate surface area is 234 Å². The zero-order valence-electron chi connectivity index (χ0n) is 23.5. The molecule has 0 aliphatic carbocycles. The normalized spacial score (nSPS) is 10.6. The Bertz CT molecular complexity index is 1480. The minimum Gasteiger partial charge on any atom is -0.497 e. The van der Waals surface area contributed by atoms with Crippen LogP contribution in [0.3, 0.4) is 0 Å². The number of aromatic nitrogens is 2. The Balaban J connectivity index is 1.57. The number of benzene rings is 3. The molecule has 0 aliphatic heterocycles. The van der Waals surface area contributed by atoms with Gasteiger partial charge >= 0.3 is 6.03 Å². The van der Waals surface area contributed by atoms with Crippen LogP contribution in [0.2, 0.25) is 0 Å². The highest BCUT2D eigenvalue weighted by atomic mass is 16.5. The molecule has 0 saturated carbocycles. The van der Waals surface area contributed by atoms with Gasteiger partial charge in [-0.25, -0.2) is 9.48 Å². The number of rotatable bonds is 10. The van der Waals surface area contributed by atoms with Crippen molar-refractivity contribution in [1.82, 2.24) is 14.7 Å². The first kappa shape index (κ1) is 28.2. The van der Waals surface area contributed by atoms with Crippen LogP contribution in [-0.4, -0.2) is 53.9 Å². The molecule has 0 unspecified atom stereocenters. The molecular formula is C31H35N5O4. The Morgan fingerprint density at radius 2 is 1.70 bits per heavy atom. The van der Waals surface area contributed by atoms with Gasteiger partial charge in [-0.05, 0) is 44.0 Å². The van der Waals surface area contributed by atoms with Crippen LogP contribution in [-0.2, 0) is 4.79 Å². The van der Waals surface area contributed by atoms with Gasteiger partial charge in [-0.15, -0.1) is 0 Å². The molecule has 9 nitrogen and oxygen atoms in total. The first-order valence-corrected chi connectivity index (χ1v) is 13.1. The number of methoxy groups -OCH3 is 2. The van der Waals surface area contributed by atoms with E-state index in [0.717, 1.165) is 28.1 Å². The molecule has 1 heterocycles. The molecule has 0 atom stereocenters. The molecule has 2 N–H and O–H groups in total. The largest absolute Gasteiger partial charge is 0.497 e. The van der Waals surface area contributed by atoms with Crippen molar-refractivity contribution in [3.63, 3.8) is 0 Å². The third kappa shape index (κ3) is 6.61. The molecule has 0 fully saturated rings. The maximum atomic E-state index is 13.3. The Morgan fingerprint density at radius 1 is 0.925 bits per heavy atom. The molecule has 9 heteroatoms. The van der Waals surface area contributed by atoms with Gasteiger partial charge in [0.25, 0.3) is 0 Å². The lowest BCUT2D eigenvalue weighted by Crippen LogP contribution is -2.41. The molecule has 0 radical (unpaired) electrons. The SMILES string of the molecule is CCCN(CC(=O)Nc1cc(-c2ccccc2)nn1-c1ccc(C)cc1C)C(=O)Nc1ccc(OC)cc1OC. The van der Waals surface area contributed by atoms with Crippen molar-refractivity contribution in [2.24, 2.45) is 0 Å². The number of aryl methyl sites for hydroxylation is 2. The van der Waals surface area contributed by atoms with Crippen LogP contribution in [0.15, 0.2) is 72.8 Å². The number of ether oxygens (including phenoxy) is 2. The maximum absolute atomic E-state index is 13.3. The van der Waals surface area contributed by atoms with Crippen molar-refractivity contribution >= 4 is 23.4 Å². The average Bonchev–Trinajstić information content (AvgIpc) is 3.36. The summed E-state index contributed by atoms with van der Waals surface area (Å²) >= 11 is 0. The van der Waals surface area contributed by atoms with Gasteiger partial charge < -0.3 is 25.0 Å². The molecule has 40 heavy (non-hydrogen) atoms. The highest BCUT2D eigenvalue weighted by Gasteiger charge is 2.21. The summed E-state index contributed by atoms with van der Waals surface area (Å²) in [6, 6.07) is 22.4. The second-order valence-electron chi connectivity index (χ2n) is 9.45. The van der Waals surface area contributed by atoms with E-state index in [4.69, 9.17) is 14.6 Å². The molecule has 0 bridgehead atoms. The van der Waals surface area contributed by atoms with Crippen molar-refractivity contribution in [3.05, 3.63) is 83.9 Å². The smallest absolute Gasteiger partial charge is 0.322 e.